The van der Waals surface area contributed by atoms with E-state index < -0.39 is 0 Å². The predicted molar refractivity (Wildman–Crippen MR) is 89.8 cm³/mol. The minimum atomic E-state index is -0.200. The molecule has 0 radical (unpaired) electrons. The molecule has 0 unspecified atom stereocenters. The van der Waals surface area contributed by atoms with Crippen molar-refractivity contribution in [2.24, 2.45) is 0 Å². The van der Waals surface area contributed by atoms with Gasteiger partial charge in [0.1, 0.15) is 6.33 Å². The van der Waals surface area contributed by atoms with E-state index in [9.17, 15) is 9.90 Å². The molecule has 23 heavy (non-hydrogen) atoms. The highest BCUT2D eigenvalue weighted by molar-refractivity contribution is 5.97. The quantitative estimate of drug-likeness (QED) is 0.765. The zero-order valence-electron chi connectivity index (χ0n) is 13.9. The van der Waals surface area contributed by atoms with Gasteiger partial charge in [-0.2, -0.15) is 0 Å². The number of nitrogens with zero attached hydrogens (tertiary/aromatic N) is 3. The number of carbonyl (C=O) groups is 1. The van der Waals surface area contributed by atoms with E-state index in [2.05, 4.69) is 22.3 Å². The average Bonchev–Trinajstić information content (AvgIpc) is 2.57. The number of carbonyl (C=O) groups excluding carboxylic acids is 1. The molecule has 0 fully saturated rings. The van der Waals surface area contributed by atoms with Gasteiger partial charge in [0.05, 0.1) is 18.2 Å². The Labute approximate surface area is 136 Å². The fourth-order valence-corrected chi connectivity index (χ4v) is 2.59. The van der Waals surface area contributed by atoms with E-state index in [1.165, 1.54) is 6.33 Å². The first-order valence-electron chi connectivity index (χ1n) is 7.96. The maximum atomic E-state index is 12.6. The lowest BCUT2D eigenvalue weighted by molar-refractivity contribution is 0.0345. The average molecular weight is 316 g/mol. The zero-order valence-corrected chi connectivity index (χ0v) is 13.9. The van der Waals surface area contributed by atoms with Crippen molar-refractivity contribution in [1.82, 2.24) is 20.4 Å². The van der Waals surface area contributed by atoms with E-state index >= 15 is 0 Å². The van der Waals surface area contributed by atoms with Gasteiger partial charge in [0.2, 0.25) is 0 Å². The van der Waals surface area contributed by atoms with Crippen molar-refractivity contribution in [3.8, 4) is 0 Å². The van der Waals surface area contributed by atoms with Crippen LogP contribution in [0.2, 0.25) is 0 Å². The molecule has 2 N–H and O–H groups in total. The number of aromatic nitrogens is 2. The number of amides is 1. The summed E-state index contributed by atoms with van der Waals surface area (Å²) >= 11 is 0. The van der Waals surface area contributed by atoms with Gasteiger partial charge < -0.3 is 5.11 Å². The van der Waals surface area contributed by atoms with Crippen LogP contribution in [0.3, 0.4) is 0 Å². The monoisotopic (exact) mass is 316 g/mol. The highest BCUT2D eigenvalue weighted by atomic mass is 16.3. The number of hydrazine groups is 1. The Bertz CT molecular complexity index is 660. The summed E-state index contributed by atoms with van der Waals surface area (Å²) in [6, 6.07) is 5.34. The van der Waals surface area contributed by atoms with E-state index in [0.29, 0.717) is 5.56 Å². The van der Waals surface area contributed by atoms with Crippen molar-refractivity contribution in [3.05, 3.63) is 36.3 Å². The van der Waals surface area contributed by atoms with Crippen LogP contribution in [-0.2, 0) is 0 Å². The molecule has 0 saturated heterocycles. The Hall–Kier alpha value is -2.05. The highest BCUT2D eigenvalue weighted by Crippen LogP contribution is 2.14. The lowest BCUT2D eigenvalue weighted by Crippen LogP contribution is -2.53. The zero-order chi connectivity index (χ0) is 16.8. The van der Waals surface area contributed by atoms with Crippen LogP contribution in [-0.4, -0.2) is 44.7 Å². The molecule has 0 aliphatic rings. The van der Waals surface area contributed by atoms with Crippen molar-refractivity contribution in [2.75, 3.05) is 6.61 Å². The Morgan fingerprint density at radius 3 is 2.83 bits per heavy atom. The van der Waals surface area contributed by atoms with Gasteiger partial charge in [-0.25, -0.2) is 15.0 Å². The van der Waals surface area contributed by atoms with Gasteiger partial charge in [-0.3, -0.25) is 10.2 Å². The topological polar surface area (TPSA) is 78.4 Å². The lowest BCUT2D eigenvalue weighted by atomic mass is 10.1. The van der Waals surface area contributed by atoms with Crippen LogP contribution < -0.4 is 5.43 Å². The van der Waals surface area contributed by atoms with Gasteiger partial charge in [0.15, 0.2) is 0 Å². The van der Waals surface area contributed by atoms with Crippen LogP contribution in [0.1, 0.15) is 44.0 Å². The highest BCUT2D eigenvalue weighted by Gasteiger charge is 2.22. The standard InChI is InChI=1S/C17H24N4O2/c1-4-5-15(10-22)21(12(2)3)20-17(23)13-6-7-14-9-18-11-19-16(14)8-13/h6-9,11-12,15,22H,4-5,10H2,1-3H3,(H,20,23)/t15-/m0/s1. The normalized spacial score (nSPS) is 12.8. The number of benzene rings is 1. The van der Waals surface area contributed by atoms with Crippen LogP contribution in [0, 0.1) is 0 Å². The van der Waals surface area contributed by atoms with Crippen molar-refractivity contribution in [2.45, 2.75) is 45.7 Å². The maximum Gasteiger partial charge on any atom is 0.265 e. The molecule has 0 aliphatic carbocycles. The number of aliphatic hydroxyl groups is 1. The van der Waals surface area contributed by atoms with E-state index in [4.69, 9.17) is 0 Å². The molecule has 1 aromatic heterocycles. The SMILES string of the molecule is CCC[C@@H](CO)N(NC(=O)c1ccc2cncnc2c1)C(C)C. The molecule has 0 aliphatic heterocycles. The number of aliphatic hydroxyl groups excluding tert-OH is 1. The van der Waals surface area contributed by atoms with Gasteiger partial charge in [0, 0.05) is 23.2 Å². The molecular formula is C17H24N4O2. The molecule has 2 rings (SSSR count). The summed E-state index contributed by atoms with van der Waals surface area (Å²) in [6.07, 6.45) is 4.94. The molecule has 6 heteroatoms. The first-order valence-corrected chi connectivity index (χ1v) is 7.96. The van der Waals surface area contributed by atoms with Crippen LogP contribution in [0.25, 0.3) is 10.9 Å². The van der Waals surface area contributed by atoms with E-state index in [1.54, 1.807) is 18.3 Å². The molecular weight excluding hydrogens is 292 g/mol. The number of rotatable bonds is 7. The summed E-state index contributed by atoms with van der Waals surface area (Å²) < 4.78 is 0. The van der Waals surface area contributed by atoms with Crippen molar-refractivity contribution < 1.29 is 9.90 Å². The minimum Gasteiger partial charge on any atom is -0.395 e. The molecule has 124 valence electrons. The van der Waals surface area contributed by atoms with Crippen molar-refractivity contribution >= 4 is 16.8 Å². The molecule has 1 aromatic carbocycles. The van der Waals surface area contributed by atoms with Crippen LogP contribution in [0.15, 0.2) is 30.7 Å². The molecule has 1 heterocycles. The Balaban J connectivity index is 2.19. The second-order valence-corrected chi connectivity index (χ2v) is 5.86. The number of hydrogen-bond donors (Lipinski definition) is 2. The molecule has 1 atom stereocenters. The van der Waals surface area contributed by atoms with Gasteiger partial charge in [0.25, 0.3) is 5.91 Å². The smallest absolute Gasteiger partial charge is 0.265 e. The van der Waals surface area contributed by atoms with Gasteiger partial charge in [-0.1, -0.05) is 19.4 Å². The summed E-state index contributed by atoms with van der Waals surface area (Å²) in [5, 5.41) is 12.3. The van der Waals surface area contributed by atoms with Gasteiger partial charge in [-0.15, -0.1) is 0 Å². The molecule has 2 aromatic rings. The third kappa shape index (κ3) is 4.24. The second-order valence-electron chi connectivity index (χ2n) is 5.86. The summed E-state index contributed by atoms with van der Waals surface area (Å²) in [5.74, 6) is -0.200. The van der Waals surface area contributed by atoms with Crippen LogP contribution >= 0.6 is 0 Å². The molecule has 0 spiro atoms. The molecule has 0 saturated carbocycles. The summed E-state index contributed by atoms with van der Waals surface area (Å²) in [6.45, 7) is 6.06. The number of nitrogens with one attached hydrogen (secondary N) is 1. The number of hydrogen-bond acceptors (Lipinski definition) is 5. The molecule has 6 nitrogen and oxygen atoms in total. The third-order valence-corrected chi connectivity index (χ3v) is 3.78. The second kappa shape index (κ2) is 7.99. The predicted octanol–water partition coefficient (Wildman–Crippen LogP) is 2.15. The first-order chi connectivity index (χ1) is 11.1. The van der Waals surface area contributed by atoms with Gasteiger partial charge >= 0.3 is 0 Å². The van der Waals surface area contributed by atoms with E-state index in [0.717, 1.165) is 23.7 Å². The van der Waals surface area contributed by atoms with Crippen LogP contribution in [0.4, 0.5) is 0 Å². The van der Waals surface area contributed by atoms with Crippen molar-refractivity contribution in [3.63, 3.8) is 0 Å². The fourth-order valence-electron chi connectivity index (χ4n) is 2.59. The first kappa shape index (κ1) is 17.3. The lowest BCUT2D eigenvalue weighted by Gasteiger charge is -2.34. The number of fused-ring (bicyclic) bond motifs is 1. The maximum absolute atomic E-state index is 12.6. The van der Waals surface area contributed by atoms with Crippen molar-refractivity contribution in [1.29, 1.82) is 0 Å². The van der Waals surface area contributed by atoms with E-state index in [-0.39, 0.29) is 24.6 Å². The third-order valence-electron chi connectivity index (χ3n) is 3.78. The Morgan fingerprint density at radius 2 is 2.17 bits per heavy atom. The largest absolute Gasteiger partial charge is 0.395 e. The van der Waals surface area contributed by atoms with Crippen LogP contribution in [0.5, 0.6) is 0 Å². The summed E-state index contributed by atoms with van der Waals surface area (Å²) in [5.41, 5.74) is 4.19. The summed E-state index contributed by atoms with van der Waals surface area (Å²) in [7, 11) is 0. The summed E-state index contributed by atoms with van der Waals surface area (Å²) in [4.78, 5) is 20.7. The Morgan fingerprint density at radius 1 is 1.39 bits per heavy atom. The van der Waals surface area contributed by atoms with Gasteiger partial charge in [-0.05, 0) is 32.4 Å². The minimum absolute atomic E-state index is 0.0112. The molecule has 1 amide bonds. The Kier molecular flexibility index (Phi) is 6.01. The fraction of sp³-hybridized carbons (Fsp3) is 0.471. The molecule has 0 bridgehead atoms. The van der Waals surface area contributed by atoms with E-state index in [1.807, 2.05) is 24.9 Å².